The van der Waals surface area contributed by atoms with Gasteiger partial charge in [0.25, 0.3) is 0 Å². The van der Waals surface area contributed by atoms with Gasteiger partial charge in [0, 0.05) is 12.8 Å². The van der Waals surface area contributed by atoms with Crippen molar-refractivity contribution in [2.24, 2.45) is 0 Å². The zero-order chi connectivity index (χ0) is 13.0. The number of nitrogens with zero attached hydrogens (tertiary/aromatic N) is 1. The SMILES string of the molecule is CO[Si](C)(C)C1CCN1CCCc1ccccc1. The lowest BCUT2D eigenvalue weighted by Gasteiger charge is -2.47. The molecular formula is C15H25NOSi. The van der Waals surface area contributed by atoms with E-state index < -0.39 is 8.32 Å². The topological polar surface area (TPSA) is 12.5 Å². The zero-order valence-corrected chi connectivity index (χ0v) is 12.9. The summed E-state index contributed by atoms with van der Waals surface area (Å²) in [5, 5.41) is 0. The molecule has 1 atom stereocenters. The lowest BCUT2D eigenvalue weighted by molar-refractivity contribution is 0.122. The van der Waals surface area contributed by atoms with E-state index in [0.717, 1.165) is 5.67 Å². The summed E-state index contributed by atoms with van der Waals surface area (Å²) in [5.41, 5.74) is 2.19. The molecule has 0 saturated carbocycles. The molecule has 1 fully saturated rings. The van der Waals surface area contributed by atoms with Crippen LogP contribution in [0.3, 0.4) is 0 Å². The van der Waals surface area contributed by atoms with E-state index in [1.165, 1.54) is 37.9 Å². The normalized spacial score (nSPS) is 20.7. The van der Waals surface area contributed by atoms with Gasteiger partial charge in [-0.25, -0.2) is 0 Å². The molecule has 2 rings (SSSR count). The van der Waals surface area contributed by atoms with Crippen LogP contribution in [0, 0.1) is 0 Å². The fourth-order valence-electron chi connectivity index (χ4n) is 2.76. The monoisotopic (exact) mass is 263 g/mol. The van der Waals surface area contributed by atoms with Gasteiger partial charge in [0.1, 0.15) is 0 Å². The highest BCUT2D eigenvalue weighted by Crippen LogP contribution is 2.27. The van der Waals surface area contributed by atoms with Crippen molar-refractivity contribution >= 4 is 8.32 Å². The third kappa shape index (κ3) is 3.22. The summed E-state index contributed by atoms with van der Waals surface area (Å²) < 4.78 is 5.73. The van der Waals surface area contributed by atoms with Crippen LogP contribution < -0.4 is 0 Å². The second-order valence-electron chi connectivity index (χ2n) is 5.74. The second-order valence-corrected chi connectivity index (χ2v) is 10.0. The minimum absolute atomic E-state index is 0.735. The Balaban J connectivity index is 1.75. The second kappa shape index (κ2) is 6.00. The molecule has 3 heteroatoms. The van der Waals surface area contributed by atoms with Crippen molar-refractivity contribution in [3.63, 3.8) is 0 Å². The molecule has 18 heavy (non-hydrogen) atoms. The molecule has 1 aliphatic rings. The Morgan fingerprint density at radius 2 is 2.00 bits per heavy atom. The summed E-state index contributed by atoms with van der Waals surface area (Å²) in [6, 6.07) is 10.8. The highest BCUT2D eigenvalue weighted by atomic mass is 28.4. The number of hydrogen-bond donors (Lipinski definition) is 0. The molecule has 0 radical (unpaired) electrons. The van der Waals surface area contributed by atoms with Gasteiger partial charge < -0.3 is 9.33 Å². The van der Waals surface area contributed by atoms with Crippen molar-refractivity contribution < 1.29 is 4.43 Å². The van der Waals surface area contributed by atoms with Gasteiger partial charge in [-0.05, 0) is 51.0 Å². The molecule has 1 heterocycles. The number of benzene rings is 1. The van der Waals surface area contributed by atoms with Gasteiger partial charge in [-0.1, -0.05) is 30.3 Å². The summed E-state index contributed by atoms with van der Waals surface area (Å²) in [6.07, 6.45) is 3.78. The van der Waals surface area contributed by atoms with Crippen molar-refractivity contribution in [3.8, 4) is 0 Å². The average Bonchev–Trinajstić information content (AvgIpc) is 2.34. The fourth-order valence-corrected chi connectivity index (χ4v) is 5.00. The lowest BCUT2D eigenvalue weighted by atomic mass is 10.1. The summed E-state index contributed by atoms with van der Waals surface area (Å²) in [6.45, 7) is 7.15. The highest BCUT2D eigenvalue weighted by molar-refractivity contribution is 6.72. The Morgan fingerprint density at radius 1 is 1.28 bits per heavy atom. The van der Waals surface area contributed by atoms with Crippen LogP contribution in [0.2, 0.25) is 13.1 Å². The van der Waals surface area contributed by atoms with Gasteiger partial charge in [0.15, 0.2) is 0 Å². The zero-order valence-electron chi connectivity index (χ0n) is 11.9. The maximum Gasteiger partial charge on any atom is 0.203 e. The van der Waals surface area contributed by atoms with E-state index in [4.69, 9.17) is 4.43 Å². The number of rotatable bonds is 6. The summed E-state index contributed by atoms with van der Waals surface area (Å²) in [4.78, 5) is 2.62. The first-order chi connectivity index (χ1) is 8.63. The van der Waals surface area contributed by atoms with Crippen LogP contribution in [-0.4, -0.2) is 39.1 Å². The van der Waals surface area contributed by atoms with Crippen molar-refractivity contribution in [1.29, 1.82) is 0 Å². The van der Waals surface area contributed by atoms with Crippen LogP contribution in [0.4, 0.5) is 0 Å². The Kier molecular flexibility index (Phi) is 4.59. The van der Waals surface area contributed by atoms with E-state index in [0.29, 0.717) is 0 Å². The Morgan fingerprint density at radius 3 is 2.56 bits per heavy atom. The fraction of sp³-hybridized carbons (Fsp3) is 0.600. The first-order valence-electron chi connectivity index (χ1n) is 6.96. The van der Waals surface area contributed by atoms with Crippen molar-refractivity contribution in [2.75, 3.05) is 20.2 Å². The largest absolute Gasteiger partial charge is 0.419 e. The van der Waals surface area contributed by atoms with Crippen molar-refractivity contribution in [2.45, 2.75) is 38.0 Å². The third-order valence-electron chi connectivity index (χ3n) is 4.21. The highest BCUT2D eigenvalue weighted by Gasteiger charge is 2.42. The van der Waals surface area contributed by atoms with Crippen LogP contribution in [0.15, 0.2) is 30.3 Å². The Labute approximate surface area is 112 Å². The van der Waals surface area contributed by atoms with Crippen molar-refractivity contribution in [3.05, 3.63) is 35.9 Å². The molecule has 1 unspecified atom stereocenters. The van der Waals surface area contributed by atoms with Gasteiger partial charge in [-0.2, -0.15) is 0 Å². The Hall–Kier alpha value is -0.643. The van der Waals surface area contributed by atoms with Crippen LogP contribution in [0.1, 0.15) is 18.4 Å². The average molecular weight is 263 g/mol. The molecule has 1 aliphatic heterocycles. The first kappa shape index (κ1) is 13.8. The van der Waals surface area contributed by atoms with E-state index in [2.05, 4.69) is 48.3 Å². The maximum atomic E-state index is 5.73. The van der Waals surface area contributed by atoms with Crippen LogP contribution in [0.5, 0.6) is 0 Å². The summed E-state index contributed by atoms with van der Waals surface area (Å²) in [5.74, 6) is 0. The molecule has 1 aromatic carbocycles. The van der Waals surface area contributed by atoms with Gasteiger partial charge in [0.05, 0.1) is 0 Å². The van der Waals surface area contributed by atoms with Crippen LogP contribution >= 0.6 is 0 Å². The molecule has 0 spiro atoms. The van der Waals surface area contributed by atoms with E-state index in [9.17, 15) is 0 Å². The smallest absolute Gasteiger partial charge is 0.203 e. The minimum Gasteiger partial charge on any atom is -0.419 e. The third-order valence-corrected chi connectivity index (χ3v) is 7.52. The van der Waals surface area contributed by atoms with E-state index in [1.807, 2.05) is 7.11 Å². The molecule has 0 bridgehead atoms. The predicted molar refractivity (Wildman–Crippen MR) is 79.2 cm³/mol. The molecule has 0 aliphatic carbocycles. The Bertz CT molecular complexity index is 366. The molecule has 100 valence electrons. The quantitative estimate of drug-likeness (QED) is 0.731. The van der Waals surface area contributed by atoms with E-state index >= 15 is 0 Å². The molecular weight excluding hydrogens is 238 g/mol. The number of aryl methyl sites for hydroxylation is 1. The lowest BCUT2D eigenvalue weighted by Crippen LogP contribution is -2.62. The van der Waals surface area contributed by atoms with Gasteiger partial charge in [-0.3, -0.25) is 0 Å². The van der Waals surface area contributed by atoms with Crippen LogP contribution in [-0.2, 0) is 10.8 Å². The molecule has 0 N–H and O–H groups in total. The predicted octanol–water partition coefficient (Wildman–Crippen LogP) is 3.08. The summed E-state index contributed by atoms with van der Waals surface area (Å²) in [7, 11) is 0.421. The van der Waals surface area contributed by atoms with Crippen molar-refractivity contribution in [1.82, 2.24) is 4.90 Å². The van der Waals surface area contributed by atoms with E-state index in [1.54, 1.807) is 0 Å². The molecule has 2 nitrogen and oxygen atoms in total. The van der Waals surface area contributed by atoms with Gasteiger partial charge in [-0.15, -0.1) is 0 Å². The standard InChI is InChI=1S/C15H25NOSi/c1-17-18(2,3)15-11-13-16(15)12-7-10-14-8-5-4-6-9-14/h4-6,8-9,15H,7,10-13H2,1-3H3. The maximum absolute atomic E-state index is 5.73. The number of hydrogen-bond acceptors (Lipinski definition) is 2. The molecule has 0 amide bonds. The minimum atomic E-state index is -1.46. The molecule has 1 aromatic rings. The molecule has 1 saturated heterocycles. The molecule has 0 aromatic heterocycles. The summed E-state index contributed by atoms with van der Waals surface area (Å²) >= 11 is 0. The number of likely N-dealkylation sites (tertiary alicyclic amines) is 1. The van der Waals surface area contributed by atoms with E-state index in [-0.39, 0.29) is 0 Å². The van der Waals surface area contributed by atoms with Gasteiger partial charge >= 0.3 is 0 Å². The van der Waals surface area contributed by atoms with Crippen LogP contribution in [0.25, 0.3) is 0 Å². The first-order valence-corrected chi connectivity index (χ1v) is 9.95. The van der Waals surface area contributed by atoms with Gasteiger partial charge in [0.2, 0.25) is 8.32 Å².